The molecule has 2 aromatic carbocycles. The maximum Gasteiger partial charge on any atom is 0.429 e. The molecular weight excluding hydrogens is 522 g/mol. The third-order valence-electron chi connectivity index (χ3n) is 5.88. The number of aryl methyl sites for hydroxylation is 2. The van der Waals surface area contributed by atoms with Gasteiger partial charge >= 0.3 is 12.1 Å². The molecule has 9 nitrogen and oxygen atoms in total. The standard InChI is InChI=1S/C26H23F4N5O4/c1-12-22(13(2)39-35-12)18-10-16(27)7-8-17(18)23(26(28,29)30)38-21-11-20(33-25(32)34-21)15-5-3-14(4-6-15)9-19(31)24(36)37/h3-8,10-11,19,23H,9,31H2,1-2H3,(H,36,37)(H2,32,33,34)/t19?,23-/m0/s1. The largest absolute Gasteiger partial charge is 0.480 e. The number of halogens is 4. The number of carboxylic acid groups (broad SMARTS) is 1. The number of rotatable bonds is 8. The van der Waals surface area contributed by atoms with E-state index in [-0.39, 0.29) is 46.2 Å². The number of alkyl halides is 3. The highest BCUT2D eigenvalue weighted by Crippen LogP contribution is 2.42. The maximum atomic E-state index is 14.4. The molecule has 0 bridgehead atoms. The first-order chi connectivity index (χ1) is 18.3. The molecule has 0 amide bonds. The van der Waals surface area contributed by atoms with Gasteiger partial charge in [0.15, 0.2) is 0 Å². The van der Waals surface area contributed by atoms with Gasteiger partial charge in [-0.05, 0) is 43.5 Å². The van der Waals surface area contributed by atoms with Crippen LogP contribution in [0.3, 0.4) is 0 Å². The van der Waals surface area contributed by atoms with Crippen LogP contribution >= 0.6 is 0 Å². The van der Waals surface area contributed by atoms with Crippen LogP contribution in [0, 0.1) is 19.7 Å². The van der Waals surface area contributed by atoms with Crippen molar-refractivity contribution >= 4 is 11.9 Å². The highest BCUT2D eigenvalue weighted by Gasteiger charge is 2.45. The third-order valence-corrected chi connectivity index (χ3v) is 5.88. The van der Waals surface area contributed by atoms with Crippen molar-refractivity contribution in [2.75, 3.05) is 5.73 Å². The van der Waals surface area contributed by atoms with Crippen LogP contribution in [0.5, 0.6) is 5.88 Å². The highest BCUT2D eigenvalue weighted by atomic mass is 19.4. The third kappa shape index (κ3) is 6.14. The molecule has 5 N–H and O–H groups in total. The molecule has 0 aliphatic carbocycles. The minimum Gasteiger partial charge on any atom is -0.480 e. The Morgan fingerprint density at radius 3 is 2.38 bits per heavy atom. The Labute approximate surface area is 219 Å². The number of nitrogens with two attached hydrogens (primary N) is 2. The molecule has 0 radical (unpaired) electrons. The summed E-state index contributed by atoms with van der Waals surface area (Å²) in [6.07, 6.45) is -7.41. The average Bonchev–Trinajstić information content (AvgIpc) is 3.19. The Balaban J connectivity index is 1.71. The molecule has 1 unspecified atom stereocenters. The molecular formula is C26H23F4N5O4. The van der Waals surface area contributed by atoms with Crippen molar-refractivity contribution in [3.05, 3.63) is 76.9 Å². The van der Waals surface area contributed by atoms with Gasteiger partial charge in [0.05, 0.1) is 11.4 Å². The van der Waals surface area contributed by atoms with Gasteiger partial charge in [-0.15, -0.1) is 0 Å². The van der Waals surface area contributed by atoms with Crippen LogP contribution in [-0.4, -0.2) is 38.4 Å². The Morgan fingerprint density at radius 2 is 1.79 bits per heavy atom. The van der Waals surface area contributed by atoms with E-state index in [9.17, 15) is 22.4 Å². The van der Waals surface area contributed by atoms with Crippen molar-refractivity contribution in [1.29, 1.82) is 0 Å². The topological polar surface area (TPSA) is 150 Å². The van der Waals surface area contributed by atoms with Crippen molar-refractivity contribution in [1.82, 2.24) is 15.1 Å². The Bertz CT molecular complexity index is 1490. The van der Waals surface area contributed by atoms with Crippen LogP contribution in [0.15, 0.2) is 53.1 Å². The number of benzene rings is 2. The smallest absolute Gasteiger partial charge is 0.429 e. The molecule has 0 saturated carbocycles. The second-order valence-corrected chi connectivity index (χ2v) is 8.77. The van der Waals surface area contributed by atoms with E-state index in [1.54, 1.807) is 24.3 Å². The summed E-state index contributed by atoms with van der Waals surface area (Å²) in [5.74, 6) is -2.50. The first-order valence-electron chi connectivity index (χ1n) is 11.5. The van der Waals surface area contributed by atoms with Crippen molar-refractivity contribution < 1.29 is 36.7 Å². The van der Waals surface area contributed by atoms with E-state index in [0.717, 1.165) is 18.2 Å². The van der Waals surface area contributed by atoms with Crippen molar-refractivity contribution in [3.8, 4) is 28.3 Å². The van der Waals surface area contributed by atoms with Crippen LogP contribution < -0.4 is 16.2 Å². The van der Waals surface area contributed by atoms with Crippen LogP contribution in [0.1, 0.15) is 28.7 Å². The van der Waals surface area contributed by atoms with E-state index in [0.29, 0.717) is 11.1 Å². The molecule has 2 aromatic heterocycles. The molecule has 0 spiro atoms. The summed E-state index contributed by atoms with van der Waals surface area (Å²) < 4.78 is 67.7. The number of ether oxygens (including phenoxy) is 1. The lowest BCUT2D eigenvalue weighted by molar-refractivity contribution is -0.198. The molecule has 0 fully saturated rings. The van der Waals surface area contributed by atoms with Gasteiger partial charge in [-0.2, -0.15) is 18.2 Å². The van der Waals surface area contributed by atoms with E-state index in [1.807, 2.05) is 0 Å². The number of hydrogen-bond acceptors (Lipinski definition) is 8. The van der Waals surface area contributed by atoms with Crippen LogP contribution in [0.4, 0.5) is 23.5 Å². The highest BCUT2D eigenvalue weighted by molar-refractivity contribution is 5.74. The summed E-state index contributed by atoms with van der Waals surface area (Å²) in [5, 5.41) is 12.7. The molecule has 0 aliphatic heterocycles. The Hall–Kier alpha value is -4.52. The second-order valence-electron chi connectivity index (χ2n) is 8.77. The predicted octanol–water partition coefficient (Wildman–Crippen LogP) is 4.77. The van der Waals surface area contributed by atoms with E-state index in [2.05, 4.69) is 15.1 Å². The van der Waals surface area contributed by atoms with E-state index >= 15 is 0 Å². The Morgan fingerprint density at radius 1 is 1.10 bits per heavy atom. The molecule has 0 saturated heterocycles. The fraction of sp³-hybridized carbons (Fsp3) is 0.231. The van der Waals surface area contributed by atoms with Crippen molar-refractivity contribution in [3.63, 3.8) is 0 Å². The number of carbonyl (C=O) groups is 1. The van der Waals surface area contributed by atoms with E-state index < -0.39 is 36.0 Å². The lowest BCUT2D eigenvalue weighted by Gasteiger charge is -2.24. The Kier molecular flexibility index (Phi) is 7.54. The van der Waals surface area contributed by atoms with Gasteiger partial charge in [-0.3, -0.25) is 4.79 Å². The van der Waals surface area contributed by atoms with Gasteiger partial charge in [0.2, 0.25) is 17.9 Å². The molecule has 39 heavy (non-hydrogen) atoms. The van der Waals surface area contributed by atoms with Gasteiger partial charge in [-0.1, -0.05) is 35.5 Å². The molecule has 204 valence electrons. The molecule has 2 atom stereocenters. The number of aromatic nitrogens is 3. The van der Waals surface area contributed by atoms with Crippen LogP contribution in [0.25, 0.3) is 22.4 Å². The van der Waals surface area contributed by atoms with Gasteiger partial charge in [0.1, 0.15) is 17.6 Å². The van der Waals surface area contributed by atoms with Gasteiger partial charge in [0.25, 0.3) is 0 Å². The number of hydrogen-bond donors (Lipinski definition) is 3. The summed E-state index contributed by atoms with van der Waals surface area (Å²) >= 11 is 0. The number of anilines is 1. The molecule has 0 aliphatic rings. The summed E-state index contributed by atoms with van der Waals surface area (Å²) in [5.41, 5.74) is 12.6. The number of aliphatic carboxylic acids is 1. The quantitative estimate of drug-likeness (QED) is 0.266. The lowest BCUT2D eigenvalue weighted by atomic mass is 9.94. The van der Waals surface area contributed by atoms with Crippen molar-refractivity contribution in [2.24, 2.45) is 5.73 Å². The minimum atomic E-state index is -4.93. The number of carboxylic acids is 1. The van der Waals surface area contributed by atoms with E-state index in [1.165, 1.54) is 19.9 Å². The van der Waals surface area contributed by atoms with Crippen molar-refractivity contribution in [2.45, 2.75) is 38.6 Å². The van der Waals surface area contributed by atoms with Crippen LogP contribution in [-0.2, 0) is 11.2 Å². The number of nitrogen functional groups attached to an aromatic ring is 1. The zero-order valence-corrected chi connectivity index (χ0v) is 20.7. The SMILES string of the molecule is Cc1noc(C)c1-c1cc(F)ccc1[C@H](Oc1cc(-c2ccc(CC(N)C(=O)O)cc2)nc(N)n1)C(F)(F)F. The molecule has 4 aromatic rings. The van der Waals surface area contributed by atoms with Gasteiger partial charge in [-0.25, -0.2) is 9.37 Å². The zero-order valence-electron chi connectivity index (χ0n) is 20.7. The minimum absolute atomic E-state index is 0.0777. The summed E-state index contributed by atoms with van der Waals surface area (Å²) in [7, 11) is 0. The molecule has 2 heterocycles. The van der Waals surface area contributed by atoms with E-state index in [4.69, 9.17) is 25.8 Å². The lowest BCUT2D eigenvalue weighted by Crippen LogP contribution is -2.32. The summed E-state index contributed by atoms with van der Waals surface area (Å²) in [4.78, 5) is 18.9. The fourth-order valence-corrected chi connectivity index (χ4v) is 4.07. The summed E-state index contributed by atoms with van der Waals surface area (Å²) in [6.45, 7) is 3.04. The van der Waals surface area contributed by atoms with Gasteiger partial charge in [0, 0.05) is 22.8 Å². The summed E-state index contributed by atoms with van der Waals surface area (Å²) in [6, 6.07) is 9.35. The predicted molar refractivity (Wildman–Crippen MR) is 132 cm³/mol. The average molecular weight is 545 g/mol. The first-order valence-corrected chi connectivity index (χ1v) is 11.5. The monoisotopic (exact) mass is 545 g/mol. The van der Waals surface area contributed by atoms with Gasteiger partial charge < -0.3 is 25.8 Å². The molecule has 4 rings (SSSR count). The number of nitrogens with zero attached hydrogens (tertiary/aromatic N) is 3. The maximum absolute atomic E-state index is 14.4. The second kappa shape index (κ2) is 10.7. The first kappa shape index (κ1) is 27.5. The molecule has 13 heteroatoms. The zero-order chi connectivity index (χ0) is 28.5. The normalized spacial score (nSPS) is 13.2. The fourth-order valence-electron chi connectivity index (χ4n) is 4.07. The van der Waals surface area contributed by atoms with Crippen LogP contribution in [0.2, 0.25) is 0 Å².